The Hall–Kier alpha value is -0.660. The van der Waals surface area contributed by atoms with Crippen molar-refractivity contribution in [1.29, 1.82) is 0 Å². The lowest BCUT2D eigenvalue weighted by Gasteiger charge is -2.45. The van der Waals surface area contributed by atoms with E-state index in [0.29, 0.717) is 31.5 Å². The molecule has 0 bridgehead atoms. The molecule has 2 saturated heterocycles. The molecule has 2 rings (SSSR count). The van der Waals surface area contributed by atoms with Gasteiger partial charge in [-0.3, -0.25) is 4.79 Å². The Kier molecular flexibility index (Phi) is 5.62. The molecule has 2 unspecified atom stereocenters. The molecule has 2 aliphatic heterocycles. The van der Waals surface area contributed by atoms with E-state index in [1.54, 1.807) is 4.31 Å². The molecule has 2 fully saturated rings. The fourth-order valence-corrected chi connectivity index (χ4v) is 5.07. The molecule has 6 nitrogen and oxygen atoms in total. The summed E-state index contributed by atoms with van der Waals surface area (Å²) in [4.78, 5) is 13.4. The summed E-state index contributed by atoms with van der Waals surface area (Å²) in [5.74, 6) is 0.140. The van der Waals surface area contributed by atoms with Gasteiger partial charge in [0.05, 0.1) is 12.9 Å². The maximum Gasteiger partial charge on any atom is 0.305 e. The maximum atomic E-state index is 12.4. The van der Waals surface area contributed by atoms with Crippen LogP contribution >= 0.6 is 0 Å². The summed E-state index contributed by atoms with van der Waals surface area (Å²) in [6.45, 7) is 2.36. The number of hydrogen-bond acceptors (Lipinski definition) is 5. The van der Waals surface area contributed by atoms with E-state index in [4.69, 9.17) is 0 Å². The average Bonchev–Trinajstić information content (AvgIpc) is 2.46. The summed E-state index contributed by atoms with van der Waals surface area (Å²) in [7, 11) is 0.209. The lowest BCUT2D eigenvalue weighted by Crippen LogP contribution is -2.54. The first kappa shape index (κ1) is 16.7. The van der Waals surface area contributed by atoms with E-state index in [1.165, 1.54) is 7.11 Å². The Bertz CT molecular complexity index is 466. The van der Waals surface area contributed by atoms with Gasteiger partial charge in [-0.2, -0.15) is 0 Å². The molecular weight excluding hydrogens is 292 g/mol. The van der Waals surface area contributed by atoms with Crippen LogP contribution in [0.3, 0.4) is 0 Å². The number of carbonyl (C=O) groups excluding carboxylic acids is 1. The van der Waals surface area contributed by atoms with Crippen LogP contribution < -0.4 is 0 Å². The van der Waals surface area contributed by atoms with E-state index in [0.717, 1.165) is 25.8 Å². The van der Waals surface area contributed by atoms with Crippen LogP contribution in [0.5, 0.6) is 0 Å². The number of likely N-dealkylation sites (tertiary alicyclic amines) is 1. The zero-order chi connectivity index (χ0) is 15.5. The zero-order valence-electron chi connectivity index (χ0n) is 13.0. The number of carbonyl (C=O) groups is 1. The van der Waals surface area contributed by atoms with Crippen LogP contribution in [0.1, 0.15) is 32.1 Å². The summed E-state index contributed by atoms with van der Waals surface area (Å²) in [6.07, 6.45) is 3.67. The molecule has 0 aromatic carbocycles. The minimum atomic E-state index is -3.25. The van der Waals surface area contributed by atoms with E-state index in [2.05, 4.69) is 16.7 Å². The van der Waals surface area contributed by atoms with Crippen molar-refractivity contribution < 1.29 is 17.9 Å². The van der Waals surface area contributed by atoms with Crippen LogP contribution in [0, 0.1) is 5.92 Å². The molecule has 2 heterocycles. The molecule has 2 atom stereocenters. The van der Waals surface area contributed by atoms with Gasteiger partial charge in [-0.05, 0) is 45.2 Å². The highest BCUT2D eigenvalue weighted by molar-refractivity contribution is 7.89. The number of hydrogen-bond donors (Lipinski definition) is 0. The van der Waals surface area contributed by atoms with Gasteiger partial charge in [0.1, 0.15) is 0 Å². The third kappa shape index (κ3) is 4.17. The maximum absolute atomic E-state index is 12.4. The zero-order valence-corrected chi connectivity index (χ0v) is 13.8. The van der Waals surface area contributed by atoms with Gasteiger partial charge in [0, 0.05) is 25.6 Å². The Labute approximate surface area is 127 Å². The van der Waals surface area contributed by atoms with E-state index >= 15 is 0 Å². The van der Waals surface area contributed by atoms with E-state index < -0.39 is 10.0 Å². The molecule has 7 heteroatoms. The normalized spacial score (nSPS) is 28.1. The van der Waals surface area contributed by atoms with Gasteiger partial charge in [-0.1, -0.05) is 0 Å². The number of rotatable bonds is 5. The third-order valence-electron chi connectivity index (χ3n) is 4.71. The lowest BCUT2D eigenvalue weighted by molar-refractivity contribution is -0.140. The molecule has 0 radical (unpaired) electrons. The van der Waals surface area contributed by atoms with Gasteiger partial charge >= 0.3 is 5.97 Å². The first-order valence-corrected chi connectivity index (χ1v) is 9.30. The molecular formula is C14H26N2O4S. The van der Waals surface area contributed by atoms with Crippen molar-refractivity contribution in [3.05, 3.63) is 0 Å². The second-order valence-electron chi connectivity index (χ2n) is 6.09. The number of methoxy groups -OCH3 is 1. The molecule has 0 aromatic heterocycles. The van der Waals surface area contributed by atoms with Crippen LogP contribution in [-0.2, 0) is 19.6 Å². The van der Waals surface area contributed by atoms with Crippen molar-refractivity contribution in [2.75, 3.05) is 39.5 Å². The van der Waals surface area contributed by atoms with Crippen molar-refractivity contribution in [2.45, 2.75) is 38.1 Å². The molecule has 2 aliphatic rings. The number of fused-ring (bicyclic) bond motifs is 1. The summed E-state index contributed by atoms with van der Waals surface area (Å²) < 4.78 is 30.9. The van der Waals surface area contributed by atoms with Crippen LogP contribution in [0.15, 0.2) is 0 Å². The SMILES string of the molecule is COC(=O)CCCS(=O)(=O)N1CCC2C(CCCN2C)C1. The average molecular weight is 318 g/mol. The van der Waals surface area contributed by atoms with Crippen molar-refractivity contribution in [1.82, 2.24) is 9.21 Å². The molecule has 122 valence electrons. The van der Waals surface area contributed by atoms with E-state index in [-0.39, 0.29) is 18.1 Å². The second-order valence-corrected chi connectivity index (χ2v) is 8.18. The molecule has 0 N–H and O–H groups in total. The Morgan fingerprint density at radius 1 is 1.29 bits per heavy atom. The smallest absolute Gasteiger partial charge is 0.305 e. The quantitative estimate of drug-likeness (QED) is 0.698. The Balaban J connectivity index is 1.88. The molecule has 21 heavy (non-hydrogen) atoms. The Morgan fingerprint density at radius 3 is 2.76 bits per heavy atom. The number of piperidine rings is 2. The summed E-state index contributed by atoms with van der Waals surface area (Å²) in [5, 5.41) is 0. The van der Waals surface area contributed by atoms with E-state index in [1.807, 2.05) is 0 Å². The third-order valence-corrected chi connectivity index (χ3v) is 6.64. The topological polar surface area (TPSA) is 66.9 Å². The summed E-state index contributed by atoms with van der Waals surface area (Å²) in [6, 6.07) is 0.528. The standard InChI is InChI=1S/C14H26N2O4S/c1-15-8-3-5-12-11-16(9-7-13(12)15)21(18,19)10-4-6-14(17)20-2/h12-13H,3-11H2,1-2H3. The first-order valence-electron chi connectivity index (χ1n) is 7.69. The van der Waals surface area contributed by atoms with E-state index in [9.17, 15) is 13.2 Å². The minimum Gasteiger partial charge on any atom is -0.469 e. The lowest BCUT2D eigenvalue weighted by atomic mass is 9.85. The highest BCUT2D eigenvalue weighted by atomic mass is 32.2. The number of ether oxygens (including phenoxy) is 1. The summed E-state index contributed by atoms with van der Waals surface area (Å²) in [5.41, 5.74) is 0. The van der Waals surface area contributed by atoms with Gasteiger partial charge in [-0.15, -0.1) is 0 Å². The van der Waals surface area contributed by atoms with Crippen molar-refractivity contribution in [2.24, 2.45) is 5.92 Å². The van der Waals surface area contributed by atoms with Crippen LogP contribution in [0.4, 0.5) is 0 Å². The highest BCUT2D eigenvalue weighted by Crippen LogP contribution is 2.30. The van der Waals surface area contributed by atoms with Crippen LogP contribution in [-0.4, -0.2) is 69.2 Å². The molecule has 0 amide bonds. The molecule has 0 aliphatic carbocycles. The van der Waals surface area contributed by atoms with Gasteiger partial charge in [0.15, 0.2) is 0 Å². The number of esters is 1. The fraction of sp³-hybridized carbons (Fsp3) is 0.929. The molecule has 0 aromatic rings. The summed E-state index contributed by atoms with van der Waals surface area (Å²) >= 11 is 0. The highest BCUT2D eigenvalue weighted by Gasteiger charge is 2.37. The van der Waals surface area contributed by atoms with Gasteiger partial charge in [0.25, 0.3) is 0 Å². The largest absolute Gasteiger partial charge is 0.469 e. The number of nitrogens with zero attached hydrogens (tertiary/aromatic N) is 2. The molecule has 0 saturated carbocycles. The van der Waals surface area contributed by atoms with Crippen molar-refractivity contribution in [3.8, 4) is 0 Å². The van der Waals surface area contributed by atoms with Gasteiger partial charge in [-0.25, -0.2) is 12.7 Å². The molecule has 0 spiro atoms. The second kappa shape index (κ2) is 7.07. The Morgan fingerprint density at radius 2 is 2.05 bits per heavy atom. The number of sulfonamides is 1. The fourth-order valence-electron chi connectivity index (χ4n) is 3.50. The minimum absolute atomic E-state index is 0.0370. The monoisotopic (exact) mass is 318 g/mol. The van der Waals surface area contributed by atoms with Gasteiger partial charge in [0.2, 0.25) is 10.0 Å². The van der Waals surface area contributed by atoms with Gasteiger partial charge < -0.3 is 9.64 Å². The van der Waals surface area contributed by atoms with Crippen LogP contribution in [0.2, 0.25) is 0 Å². The first-order chi connectivity index (χ1) is 9.94. The van der Waals surface area contributed by atoms with Crippen LogP contribution in [0.25, 0.3) is 0 Å². The predicted octanol–water partition coefficient (Wildman–Crippen LogP) is 0.686. The predicted molar refractivity (Wildman–Crippen MR) is 80.4 cm³/mol. The van der Waals surface area contributed by atoms with Crippen molar-refractivity contribution >= 4 is 16.0 Å². The van der Waals surface area contributed by atoms with Crippen molar-refractivity contribution in [3.63, 3.8) is 0 Å².